The Morgan fingerprint density at radius 1 is 0.552 bits per heavy atom. The van der Waals surface area contributed by atoms with Crippen LogP contribution in [-0.2, 0) is 62.1 Å². The smallest absolute Gasteiger partial charge is 0.375 e. The number of hydrogen-bond donors (Lipinski definition) is 4. The monoisotopic (exact) mass is 1500 g/mol. The van der Waals surface area contributed by atoms with Gasteiger partial charge in [0.2, 0.25) is 17.3 Å². The van der Waals surface area contributed by atoms with Crippen LogP contribution >= 0.6 is 23.2 Å². The molecular formula is C82H104Cl2F2O19. The second-order valence-corrected chi connectivity index (χ2v) is 34.7. The van der Waals surface area contributed by atoms with E-state index in [4.69, 9.17) is 46.6 Å². The van der Waals surface area contributed by atoms with E-state index in [9.17, 15) is 68.4 Å². The molecule has 0 aliphatic heterocycles. The van der Waals surface area contributed by atoms with E-state index in [-0.39, 0.29) is 103 Å². The van der Waals surface area contributed by atoms with E-state index in [1.165, 1.54) is 42.7 Å². The highest BCUT2D eigenvalue weighted by Gasteiger charge is 2.81. The van der Waals surface area contributed by atoms with E-state index >= 15 is 8.78 Å². The molecule has 24 atom stereocenters. The molecule has 0 amide bonds. The molecule has 105 heavy (non-hydrogen) atoms. The lowest BCUT2D eigenvalue weighted by Crippen LogP contribution is -2.70. The van der Waals surface area contributed by atoms with Crippen molar-refractivity contribution in [2.24, 2.45) is 85.8 Å². The Balaban J connectivity index is 0.000000158. The summed E-state index contributed by atoms with van der Waals surface area (Å²) in [5.41, 5.74) is -12.6. The second kappa shape index (κ2) is 28.1. The van der Waals surface area contributed by atoms with Crippen LogP contribution in [0.15, 0.2) is 94.2 Å². The summed E-state index contributed by atoms with van der Waals surface area (Å²) in [7, 11) is 0. The van der Waals surface area contributed by atoms with Gasteiger partial charge >= 0.3 is 23.9 Å². The van der Waals surface area contributed by atoms with Crippen molar-refractivity contribution in [2.45, 2.75) is 244 Å². The molecule has 1 aromatic heterocycles. The van der Waals surface area contributed by atoms with E-state index in [2.05, 4.69) is 0 Å². The van der Waals surface area contributed by atoms with Crippen LogP contribution in [0, 0.1) is 85.8 Å². The minimum Gasteiger partial charge on any atom is -0.457 e. The van der Waals surface area contributed by atoms with E-state index in [1.807, 2.05) is 54.5 Å². The molecule has 574 valence electrons. The molecule has 1 heterocycles. The zero-order chi connectivity index (χ0) is 77.2. The summed E-state index contributed by atoms with van der Waals surface area (Å²) in [5, 5.41) is 44.7. The topological polar surface area (TPSA) is 302 Å². The first-order chi connectivity index (χ1) is 49.2. The van der Waals surface area contributed by atoms with Crippen molar-refractivity contribution in [3.05, 3.63) is 95.6 Å². The number of furan rings is 1. The normalized spacial score (nSPS) is 44.1. The second-order valence-electron chi connectivity index (χ2n) is 33.8. The third-order valence-corrected chi connectivity index (χ3v) is 30.4. The van der Waals surface area contributed by atoms with Gasteiger partial charge in [-0.05, 0) is 170 Å². The van der Waals surface area contributed by atoms with Crippen molar-refractivity contribution < 1.29 is 101 Å². The zero-order valence-corrected chi connectivity index (χ0v) is 63.9. The molecule has 0 spiro atoms. The molecule has 13 rings (SSSR count). The number of ketones is 6. The highest BCUT2D eigenvalue weighted by molar-refractivity contribution is 6.29. The molecule has 0 saturated heterocycles. The van der Waals surface area contributed by atoms with E-state index in [0.717, 1.165) is 12.0 Å². The van der Waals surface area contributed by atoms with Crippen molar-refractivity contribution in [2.75, 3.05) is 19.1 Å². The Bertz CT molecular complexity index is 3930. The van der Waals surface area contributed by atoms with Gasteiger partial charge in [0, 0.05) is 81.3 Å². The standard InChI is InChI=1S/C28H37FO7.C27H30Cl2O6.C27H37FO6/c1-6-23(33)35-15-22(32)28(36-24(34)7-2)16(3)12-20-19-9-8-17-13-18(30)10-11-25(17,4)27(19,29)21(31)14-26(20,28)5;1-15-11-19-18-7-6-16-12-17(30)8-9-24(16,2)26(18,29)21(31)13-25(19,3)27(15,22(32)14-28)35-23(33)20-5-4-10-34-20;1-5-6-7-23(33)34-27(22(32)15-29)16(2)12-20-19-9-8-17-13-18(30)10-11-24(17,3)26(19,28)21(31)14-25(20,27)4/h10-11,13,16,19-21,31H,6-9,12,14-15H2,1-5H3;4-5,8-10,12,15,18-19,21,31H,6-7,11,13-14H2,1-3H3;10-11,13,16,19-21,29,31H,5-9,12,14-15H2,1-4H3/t16-,19-,20-,21-,25-,26-,27-,28-;15-,18+,19+,21+,24+,25+,26+,27+;16-,19?,20?,21-,24-,25-,26-,27-/m010/s1. The van der Waals surface area contributed by atoms with Crippen molar-refractivity contribution in [3.63, 3.8) is 0 Å². The number of hydrogen-bond acceptors (Lipinski definition) is 19. The number of rotatable bonds is 16. The molecule has 9 fully saturated rings. The molecule has 2 unspecified atom stereocenters. The fourth-order valence-corrected chi connectivity index (χ4v) is 24.9. The van der Waals surface area contributed by atoms with Crippen molar-refractivity contribution in [3.8, 4) is 0 Å². The van der Waals surface area contributed by atoms with Crippen LogP contribution in [0.1, 0.15) is 203 Å². The maximum Gasteiger partial charge on any atom is 0.375 e. The van der Waals surface area contributed by atoms with Crippen LogP contribution in [0.4, 0.5) is 8.78 Å². The van der Waals surface area contributed by atoms with Crippen molar-refractivity contribution in [1.29, 1.82) is 0 Å². The molecule has 9 saturated carbocycles. The number of alkyl halides is 4. The Hall–Kier alpha value is -6.10. The van der Waals surface area contributed by atoms with Crippen LogP contribution in [-0.4, -0.2) is 149 Å². The van der Waals surface area contributed by atoms with E-state index in [1.54, 1.807) is 58.9 Å². The SMILES string of the molecule is CCC(=O)OCC(=O)[C@@]1(OC(=O)CC)[C@@H](C)C[C@H]2[C@@H]3CCC4=CC(=O)C=C[C@]4(C)[C@@]3(F)[C@@H](O)C[C@@]21C.CCCCC(=O)O[C@]1(C(=O)CO)[C@@H](C)CC2C3CCC4=CC(=O)C=C[C@]4(C)[C@@]3(F)[C@@H](O)C[C@@]21C.C[C@@H]1C[C@H]2[C@@H]3CCC4=CC(=O)C=C[C@]4(C)[C@@]3(Cl)[C@@H](O)C[C@]2(C)[C@@]1(OC(=O)c1ccco1)C(=O)CCl. The first-order valence-corrected chi connectivity index (χ1v) is 38.7. The highest BCUT2D eigenvalue weighted by Crippen LogP contribution is 2.76. The lowest BCUT2D eigenvalue weighted by Gasteiger charge is -2.64. The predicted molar refractivity (Wildman–Crippen MR) is 382 cm³/mol. The van der Waals surface area contributed by atoms with Crippen LogP contribution in [0.2, 0.25) is 0 Å². The van der Waals surface area contributed by atoms with Gasteiger partial charge in [-0.1, -0.05) is 111 Å². The minimum absolute atomic E-state index is 0.00557. The minimum atomic E-state index is -2.05. The number of fused-ring (bicyclic) bond motifs is 15. The van der Waals surface area contributed by atoms with Crippen LogP contribution in [0.25, 0.3) is 0 Å². The summed E-state index contributed by atoms with van der Waals surface area (Å²) in [5.74, 6) is -8.05. The van der Waals surface area contributed by atoms with Gasteiger partial charge in [0.15, 0.2) is 57.9 Å². The lowest BCUT2D eigenvalue weighted by molar-refractivity contribution is -0.228. The summed E-state index contributed by atoms with van der Waals surface area (Å²) < 4.78 is 63.1. The molecular weight excluding hydrogens is 1400 g/mol. The Morgan fingerprint density at radius 3 is 1.39 bits per heavy atom. The number of carbonyl (C=O) groups is 10. The van der Waals surface area contributed by atoms with E-state index in [0.29, 0.717) is 75.4 Å². The van der Waals surface area contributed by atoms with Crippen molar-refractivity contribution >= 4 is 81.8 Å². The summed E-state index contributed by atoms with van der Waals surface area (Å²) >= 11 is 13.6. The summed E-state index contributed by atoms with van der Waals surface area (Å²) in [6.07, 6.45) is 17.7. The number of aliphatic hydroxyl groups is 4. The highest BCUT2D eigenvalue weighted by atomic mass is 35.5. The third kappa shape index (κ3) is 11.3. The first kappa shape index (κ1) is 79.9. The summed E-state index contributed by atoms with van der Waals surface area (Å²) in [6.45, 7) is 20.4. The maximum atomic E-state index is 17.4. The Morgan fingerprint density at radius 2 is 0.962 bits per heavy atom. The molecule has 19 nitrogen and oxygen atoms in total. The molecule has 0 aromatic carbocycles. The lowest BCUT2D eigenvalue weighted by atomic mass is 9.44. The number of ether oxygens (including phenoxy) is 4. The van der Waals surface area contributed by atoms with Gasteiger partial charge in [0.25, 0.3) is 0 Å². The Kier molecular flexibility index (Phi) is 21.4. The van der Waals surface area contributed by atoms with Gasteiger partial charge in [-0.15, -0.1) is 23.2 Å². The number of allylic oxidation sites excluding steroid dienone is 12. The first-order valence-electron chi connectivity index (χ1n) is 37.8. The maximum absolute atomic E-state index is 17.4. The number of Topliss-reactive ketones (excluding diaryl/α,β-unsaturated/α-hetero) is 3. The largest absolute Gasteiger partial charge is 0.457 e. The molecule has 23 heteroatoms. The number of esters is 4. The van der Waals surface area contributed by atoms with Gasteiger partial charge in [0.05, 0.1) is 35.3 Å². The molecule has 12 aliphatic rings. The van der Waals surface area contributed by atoms with Gasteiger partial charge in [0.1, 0.15) is 6.61 Å². The summed E-state index contributed by atoms with van der Waals surface area (Å²) in [6, 6.07) is 3.07. The average molecular weight is 1500 g/mol. The molecule has 0 radical (unpaired) electrons. The predicted octanol–water partition coefficient (Wildman–Crippen LogP) is 12.3. The average Bonchev–Trinajstić information content (AvgIpc) is 1.61. The quantitative estimate of drug-likeness (QED) is 0.0679. The number of unbranched alkanes of at least 4 members (excludes halogenated alkanes) is 1. The van der Waals surface area contributed by atoms with Crippen LogP contribution in [0.3, 0.4) is 0 Å². The number of aliphatic hydroxyl groups excluding tert-OH is 4. The number of carbonyl (C=O) groups excluding carboxylic acids is 10. The number of halogens is 4. The molecule has 4 N–H and O–H groups in total. The van der Waals surface area contributed by atoms with Crippen LogP contribution < -0.4 is 0 Å². The Labute approximate surface area is 623 Å². The zero-order valence-electron chi connectivity index (χ0n) is 62.4. The third-order valence-electron chi connectivity index (χ3n) is 29.3. The van der Waals surface area contributed by atoms with Gasteiger partial charge < -0.3 is 43.8 Å². The van der Waals surface area contributed by atoms with E-state index < -0.39 is 156 Å². The molecule has 12 aliphatic carbocycles. The molecule has 1 aromatic rings. The summed E-state index contributed by atoms with van der Waals surface area (Å²) in [4.78, 5) is 126. The van der Waals surface area contributed by atoms with Crippen LogP contribution in [0.5, 0.6) is 0 Å². The van der Waals surface area contributed by atoms with Crippen molar-refractivity contribution in [1.82, 2.24) is 0 Å². The van der Waals surface area contributed by atoms with Gasteiger partial charge in [-0.3, -0.25) is 43.2 Å². The van der Waals surface area contributed by atoms with Gasteiger partial charge in [-0.25, -0.2) is 13.6 Å². The molecule has 0 bridgehead atoms. The fraction of sp³-hybridized carbons (Fsp3) is 0.683. The fourth-order valence-electron chi connectivity index (χ4n) is 24.2. The van der Waals surface area contributed by atoms with Gasteiger partial charge in [-0.2, -0.15) is 0 Å².